The molecule has 0 spiro atoms. The SMILES string of the molecule is COC(=O)C1=CCCC([N+](=O)[O-])=C1. The quantitative estimate of drug-likeness (QED) is 0.364. The highest BCUT2D eigenvalue weighted by atomic mass is 16.6. The van der Waals surface area contributed by atoms with Gasteiger partial charge in [-0.1, -0.05) is 6.08 Å². The van der Waals surface area contributed by atoms with Crippen LogP contribution >= 0.6 is 0 Å². The van der Waals surface area contributed by atoms with Crippen LogP contribution < -0.4 is 0 Å². The lowest BCUT2D eigenvalue weighted by atomic mass is 10.0. The molecule has 0 aliphatic heterocycles. The molecule has 1 aliphatic rings. The standard InChI is InChI=1S/C8H9NO4/c1-13-8(10)6-3-2-4-7(5-6)9(11)12/h3,5H,2,4H2,1H3. The molecular weight excluding hydrogens is 174 g/mol. The van der Waals surface area contributed by atoms with Gasteiger partial charge in [0.05, 0.1) is 17.6 Å². The second-order valence-electron chi connectivity index (χ2n) is 2.58. The van der Waals surface area contributed by atoms with Crippen molar-refractivity contribution in [3.63, 3.8) is 0 Å². The average molecular weight is 183 g/mol. The predicted molar refractivity (Wildman–Crippen MR) is 44.4 cm³/mol. The van der Waals surface area contributed by atoms with Crippen molar-refractivity contribution in [3.8, 4) is 0 Å². The maximum absolute atomic E-state index is 11.0. The van der Waals surface area contributed by atoms with Crippen molar-refractivity contribution in [2.45, 2.75) is 12.8 Å². The zero-order chi connectivity index (χ0) is 9.84. The summed E-state index contributed by atoms with van der Waals surface area (Å²) < 4.78 is 4.44. The van der Waals surface area contributed by atoms with Crippen LogP contribution in [-0.2, 0) is 9.53 Å². The molecule has 0 aromatic carbocycles. The van der Waals surface area contributed by atoms with Crippen molar-refractivity contribution < 1.29 is 14.5 Å². The van der Waals surface area contributed by atoms with E-state index in [1.807, 2.05) is 0 Å². The van der Waals surface area contributed by atoms with Gasteiger partial charge in [0, 0.05) is 12.5 Å². The molecule has 1 aliphatic carbocycles. The molecule has 0 fully saturated rings. The number of nitro groups is 1. The van der Waals surface area contributed by atoms with Crippen molar-refractivity contribution in [2.75, 3.05) is 7.11 Å². The van der Waals surface area contributed by atoms with Crippen LogP contribution in [0.4, 0.5) is 0 Å². The van der Waals surface area contributed by atoms with Gasteiger partial charge in [0.25, 0.3) is 0 Å². The third kappa shape index (κ3) is 2.14. The molecule has 0 aromatic rings. The number of hydrogen-bond donors (Lipinski definition) is 0. The van der Waals surface area contributed by atoms with Gasteiger partial charge < -0.3 is 4.74 Å². The van der Waals surface area contributed by atoms with E-state index in [2.05, 4.69) is 4.74 Å². The van der Waals surface area contributed by atoms with E-state index in [-0.39, 0.29) is 11.3 Å². The highest BCUT2D eigenvalue weighted by Crippen LogP contribution is 2.18. The van der Waals surface area contributed by atoms with E-state index in [0.717, 1.165) is 0 Å². The summed E-state index contributed by atoms with van der Waals surface area (Å²) >= 11 is 0. The normalized spacial score (nSPS) is 15.8. The molecule has 5 nitrogen and oxygen atoms in total. The van der Waals surface area contributed by atoms with Gasteiger partial charge in [-0.15, -0.1) is 0 Å². The third-order valence-corrected chi connectivity index (χ3v) is 1.74. The monoisotopic (exact) mass is 183 g/mol. The number of carbonyl (C=O) groups excluding carboxylic acids is 1. The van der Waals surface area contributed by atoms with Crippen LogP contribution in [0.15, 0.2) is 23.4 Å². The van der Waals surface area contributed by atoms with Gasteiger partial charge in [0.2, 0.25) is 5.70 Å². The van der Waals surface area contributed by atoms with Crippen LogP contribution in [0, 0.1) is 10.1 Å². The van der Waals surface area contributed by atoms with Crippen molar-refractivity contribution in [2.24, 2.45) is 0 Å². The maximum Gasteiger partial charge on any atom is 0.337 e. The summed E-state index contributed by atoms with van der Waals surface area (Å²) in [4.78, 5) is 20.9. The zero-order valence-corrected chi connectivity index (χ0v) is 7.15. The molecule has 0 bridgehead atoms. The first-order valence-corrected chi connectivity index (χ1v) is 3.78. The maximum atomic E-state index is 11.0. The fourth-order valence-electron chi connectivity index (χ4n) is 1.09. The number of carbonyl (C=O) groups is 1. The lowest BCUT2D eigenvalue weighted by molar-refractivity contribution is -0.428. The van der Waals surface area contributed by atoms with Crippen LogP contribution in [0.25, 0.3) is 0 Å². The van der Waals surface area contributed by atoms with Gasteiger partial charge in [0.1, 0.15) is 0 Å². The Bertz CT molecular complexity index is 303. The van der Waals surface area contributed by atoms with Crippen molar-refractivity contribution >= 4 is 5.97 Å². The lowest BCUT2D eigenvalue weighted by Gasteiger charge is -2.05. The lowest BCUT2D eigenvalue weighted by Crippen LogP contribution is -2.09. The zero-order valence-electron chi connectivity index (χ0n) is 7.15. The van der Waals surface area contributed by atoms with Crippen LogP contribution in [0.1, 0.15) is 12.8 Å². The molecule has 0 atom stereocenters. The van der Waals surface area contributed by atoms with Gasteiger partial charge in [-0.2, -0.15) is 0 Å². The fraction of sp³-hybridized carbons (Fsp3) is 0.375. The summed E-state index contributed by atoms with van der Waals surface area (Å²) in [6.45, 7) is 0. The molecule has 1 rings (SSSR count). The van der Waals surface area contributed by atoms with Gasteiger partial charge in [0.15, 0.2) is 0 Å². The number of allylic oxidation sites excluding steroid dienone is 2. The molecule has 0 radical (unpaired) electrons. The summed E-state index contributed by atoms with van der Waals surface area (Å²) in [5.41, 5.74) is 0.323. The van der Waals surface area contributed by atoms with Crippen LogP contribution in [-0.4, -0.2) is 18.0 Å². The highest BCUT2D eigenvalue weighted by molar-refractivity contribution is 5.91. The summed E-state index contributed by atoms with van der Waals surface area (Å²) in [7, 11) is 1.25. The third-order valence-electron chi connectivity index (χ3n) is 1.74. The summed E-state index contributed by atoms with van der Waals surface area (Å²) in [5, 5.41) is 10.4. The van der Waals surface area contributed by atoms with Crippen LogP contribution in [0.5, 0.6) is 0 Å². The van der Waals surface area contributed by atoms with E-state index in [4.69, 9.17) is 0 Å². The fourth-order valence-corrected chi connectivity index (χ4v) is 1.09. The van der Waals surface area contributed by atoms with Crippen LogP contribution in [0.3, 0.4) is 0 Å². The van der Waals surface area contributed by atoms with E-state index >= 15 is 0 Å². The largest absolute Gasteiger partial charge is 0.465 e. The minimum Gasteiger partial charge on any atom is -0.465 e. The number of rotatable bonds is 2. The first-order chi connectivity index (χ1) is 6.15. The van der Waals surface area contributed by atoms with Gasteiger partial charge in [-0.25, -0.2) is 4.79 Å². The molecule has 0 N–H and O–H groups in total. The molecule has 5 heteroatoms. The summed E-state index contributed by atoms with van der Waals surface area (Å²) in [5.74, 6) is -0.529. The van der Waals surface area contributed by atoms with Gasteiger partial charge in [-0.3, -0.25) is 10.1 Å². The minimum atomic E-state index is -0.529. The number of methoxy groups -OCH3 is 1. The molecule has 70 valence electrons. The Labute approximate surface area is 74.8 Å². The first-order valence-electron chi connectivity index (χ1n) is 3.78. The smallest absolute Gasteiger partial charge is 0.337 e. The highest BCUT2D eigenvalue weighted by Gasteiger charge is 2.18. The molecule has 0 amide bonds. The van der Waals surface area contributed by atoms with Gasteiger partial charge >= 0.3 is 5.97 Å². The van der Waals surface area contributed by atoms with Crippen molar-refractivity contribution in [3.05, 3.63) is 33.5 Å². The van der Waals surface area contributed by atoms with E-state index in [0.29, 0.717) is 12.8 Å². The summed E-state index contributed by atoms with van der Waals surface area (Å²) in [6, 6.07) is 0. The average Bonchev–Trinajstić information content (AvgIpc) is 2.17. The molecule has 0 aromatic heterocycles. The second kappa shape index (κ2) is 3.84. The molecular formula is C8H9NO4. The Balaban J connectivity index is 2.84. The van der Waals surface area contributed by atoms with Crippen molar-refractivity contribution in [1.82, 2.24) is 0 Å². The van der Waals surface area contributed by atoms with E-state index in [1.165, 1.54) is 13.2 Å². The Morgan fingerprint density at radius 1 is 1.69 bits per heavy atom. The Hall–Kier alpha value is -1.65. The number of ether oxygens (including phenoxy) is 1. The number of esters is 1. The molecule has 13 heavy (non-hydrogen) atoms. The topological polar surface area (TPSA) is 69.4 Å². The Morgan fingerprint density at radius 3 is 2.92 bits per heavy atom. The molecule has 0 unspecified atom stereocenters. The molecule has 0 heterocycles. The Morgan fingerprint density at radius 2 is 2.38 bits per heavy atom. The van der Waals surface area contributed by atoms with E-state index < -0.39 is 10.9 Å². The summed E-state index contributed by atoms with van der Waals surface area (Å²) in [6.07, 6.45) is 3.78. The molecule has 0 saturated heterocycles. The van der Waals surface area contributed by atoms with Gasteiger partial charge in [-0.05, 0) is 6.42 Å². The first kappa shape index (κ1) is 9.44. The number of nitrogens with zero attached hydrogens (tertiary/aromatic N) is 1. The predicted octanol–water partition coefficient (Wildman–Crippen LogP) is 1.04. The minimum absolute atomic E-state index is 0.0582. The van der Waals surface area contributed by atoms with Crippen molar-refractivity contribution in [1.29, 1.82) is 0 Å². The van der Waals surface area contributed by atoms with E-state index in [9.17, 15) is 14.9 Å². The van der Waals surface area contributed by atoms with E-state index in [1.54, 1.807) is 6.08 Å². The molecule has 0 saturated carbocycles. The number of hydrogen-bond acceptors (Lipinski definition) is 4. The second-order valence-corrected chi connectivity index (χ2v) is 2.58. The Kier molecular flexibility index (Phi) is 2.79. The van der Waals surface area contributed by atoms with Crippen LogP contribution in [0.2, 0.25) is 0 Å².